The van der Waals surface area contributed by atoms with Crippen LogP contribution in [0.25, 0.3) is 0 Å². The predicted molar refractivity (Wildman–Crippen MR) is 60.6 cm³/mol. The fraction of sp³-hybridized carbons (Fsp3) is 0.455. The minimum Gasteiger partial charge on any atom is -0.379 e. The van der Waals surface area contributed by atoms with E-state index in [1.165, 1.54) is 0 Å². The molecule has 80 valence electrons. The molecule has 0 saturated heterocycles. The van der Waals surface area contributed by atoms with Crippen molar-refractivity contribution >= 4 is 17.1 Å². The highest BCUT2D eigenvalue weighted by molar-refractivity contribution is 7.09. The van der Waals surface area contributed by atoms with Crippen LogP contribution in [0.1, 0.15) is 37.2 Å². The van der Waals surface area contributed by atoms with Crippen LogP contribution in [-0.4, -0.2) is 10.8 Å². The van der Waals surface area contributed by atoms with Crippen LogP contribution < -0.4 is 5.32 Å². The van der Waals surface area contributed by atoms with E-state index in [0.29, 0.717) is 6.42 Å². The lowest BCUT2D eigenvalue weighted by Gasteiger charge is -2.16. The summed E-state index contributed by atoms with van der Waals surface area (Å²) >= 11 is 1.65. The van der Waals surface area contributed by atoms with E-state index in [1.54, 1.807) is 17.4 Å². The number of carbonyl (C=O) groups is 1. The summed E-state index contributed by atoms with van der Waals surface area (Å²) in [6.45, 7) is 2.12. The van der Waals surface area contributed by atoms with E-state index in [4.69, 9.17) is 0 Å². The maximum atomic E-state index is 11.1. The first kappa shape index (κ1) is 10.4. The van der Waals surface area contributed by atoms with E-state index >= 15 is 0 Å². The van der Waals surface area contributed by atoms with Crippen molar-refractivity contribution in [1.82, 2.24) is 10.3 Å². The Morgan fingerprint density at radius 1 is 1.60 bits per heavy atom. The molecule has 0 amide bonds. The van der Waals surface area contributed by atoms with E-state index in [2.05, 4.69) is 17.2 Å². The van der Waals surface area contributed by atoms with Crippen molar-refractivity contribution in [3.8, 4) is 0 Å². The number of carbonyl (C=O) groups excluding carboxylic acids is 1. The molecule has 0 aliphatic heterocycles. The maximum absolute atomic E-state index is 11.1. The van der Waals surface area contributed by atoms with Crippen LogP contribution in [0.15, 0.2) is 23.3 Å². The van der Waals surface area contributed by atoms with Crippen LogP contribution in [0.5, 0.6) is 0 Å². The summed E-state index contributed by atoms with van der Waals surface area (Å²) in [4.78, 5) is 15.4. The van der Waals surface area contributed by atoms with Crippen molar-refractivity contribution < 1.29 is 4.79 Å². The normalized spacial score (nSPS) is 17.7. The van der Waals surface area contributed by atoms with Crippen LogP contribution in [0.2, 0.25) is 0 Å². The average molecular weight is 222 g/mol. The van der Waals surface area contributed by atoms with E-state index in [0.717, 1.165) is 23.5 Å². The number of ketones is 1. The summed E-state index contributed by atoms with van der Waals surface area (Å²) in [5.74, 6) is 0.228. The summed E-state index contributed by atoms with van der Waals surface area (Å²) in [6.07, 6.45) is 6.02. The van der Waals surface area contributed by atoms with Gasteiger partial charge in [0.2, 0.25) is 0 Å². The van der Waals surface area contributed by atoms with Gasteiger partial charge in [-0.25, -0.2) is 4.98 Å². The van der Waals surface area contributed by atoms with Gasteiger partial charge in [0.05, 0.1) is 6.04 Å². The molecule has 0 spiro atoms. The van der Waals surface area contributed by atoms with Gasteiger partial charge in [-0.05, 0) is 12.8 Å². The highest BCUT2D eigenvalue weighted by Gasteiger charge is 2.17. The highest BCUT2D eigenvalue weighted by Crippen LogP contribution is 2.22. The smallest absolute Gasteiger partial charge is 0.157 e. The highest BCUT2D eigenvalue weighted by atomic mass is 32.1. The van der Waals surface area contributed by atoms with E-state index in [9.17, 15) is 4.79 Å². The molecule has 0 fully saturated rings. The molecule has 0 aromatic carbocycles. The first-order valence-electron chi connectivity index (χ1n) is 5.19. The first-order chi connectivity index (χ1) is 7.29. The van der Waals surface area contributed by atoms with Gasteiger partial charge in [0.25, 0.3) is 0 Å². The van der Waals surface area contributed by atoms with Gasteiger partial charge < -0.3 is 5.32 Å². The minimum absolute atomic E-state index is 0.228. The minimum atomic E-state index is 0.228. The van der Waals surface area contributed by atoms with Gasteiger partial charge in [-0.3, -0.25) is 4.79 Å². The lowest BCUT2D eigenvalue weighted by molar-refractivity contribution is -0.114. The Morgan fingerprint density at radius 2 is 2.47 bits per heavy atom. The summed E-state index contributed by atoms with van der Waals surface area (Å²) < 4.78 is 0. The number of hydrogen-bond donors (Lipinski definition) is 1. The van der Waals surface area contributed by atoms with Crippen molar-refractivity contribution in [1.29, 1.82) is 0 Å². The zero-order chi connectivity index (χ0) is 10.7. The lowest BCUT2D eigenvalue weighted by atomic mass is 10.2. The van der Waals surface area contributed by atoms with Crippen molar-refractivity contribution in [3.05, 3.63) is 28.4 Å². The summed E-state index contributed by atoms with van der Waals surface area (Å²) in [7, 11) is 0. The number of rotatable bonds is 4. The SMILES string of the molecule is CCC(NC1=CC(=O)CC1)c1nccs1. The van der Waals surface area contributed by atoms with Crippen molar-refractivity contribution in [2.45, 2.75) is 32.2 Å². The molecular formula is C11H14N2OS. The van der Waals surface area contributed by atoms with Crippen molar-refractivity contribution in [3.63, 3.8) is 0 Å². The average Bonchev–Trinajstić information content (AvgIpc) is 2.85. The summed E-state index contributed by atoms with van der Waals surface area (Å²) in [6, 6.07) is 0.252. The molecule has 3 nitrogen and oxygen atoms in total. The Kier molecular flexibility index (Phi) is 3.16. The van der Waals surface area contributed by atoms with Gasteiger partial charge in [-0.2, -0.15) is 0 Å². The number of allylic oxidation sites excluding steroid dienone is 2. The van der Waals surface area contributed by atoms with Crippen LogP contribution in [0, 0.1) is 0 Å². The van der Waals surface area contributed by atoms with Crippen molar-refractivity contribution in [2.24, 2.45) is 0 Å². The Bertz CT molecular complexity index is 370. The number of aromatic nitrogens is 1. The van der Waals surface area contributed by atoms with Gasteiger partial charge >= 0.3 is 0 Å². The Labute approximate surface area is 93.2 Å². The molecular weight excluding hydrogens is 208 g/mol. The number of nitrogens with zero attached hydrogens (tertiary/aromatic N) is 1. The molecule has 0 radical (unpaired) electrons. The molecule has 1 N–H and O–H groups in total. The topological polar surface area (TPSA) is 42.0 Å². The number of nitrogens with one attached hydrogen (secondary N) is 1. The van der Waals surface area contributed by atoms with E-state index in [-0.39, 0.29) is 11.8 Å². The molecule has 1 unspecified atom stereocenters. The van der Waals surface area contributed by atoms with E-state index in [1.807, 2.05) is 11.6 Å². The van der Waals surface area contributed by atoms with Crippen LogP contribution in [-0.2, 0) is 4.79 Å². The summed E-state index contributed by atoms with van der Waals surface area (Å²) in [5.41, 5.74) is 1.06. The molecule has 0 saturated carbocycles. The van der Waals surface area contributed by atoms with Gasteiger partial charge in [0.1, 0.15) is 5.01 Å². The second kappa shape index (κ2) is 4.57. The molecule has 1 aliphatic carbocycles. The summed E-state index contributed by atoms with van der Waals surface area (Å²) in [5, 5.41) is 6.46. The van der Waals surface area contributed by atoms with Gasteiger partial charge in [-0.1, -0.05) is 6.92 Å². The van der Waals surface area contributed by atoms with Crippen LogP contribution >= 0.6 is 11.3 Å². The monoisotopic (exact) mass is 222 g/mol. The Morgan fingerprint density at radius 3 is 3.00 bits per heavy atom. The molecule has 1 heterocycles. The maximum Gasteiger partial charge on any atom is 0.157 e. The second-order valence-electron chi connectivity index (χ2n) is 3.61. The molecule has 4 heteroatoms. The lowest BCUT2D eigenvalue weighted by Crippen LogP contribution is -2.19. The van der Waals surface area contributed by atoms with Crippen LogP contribution in [0.4, 0.5) is 0 Å². The van der Waals surface area contributed by atoms with Gasteiger partial charge in [0.15, 0.2) is 5.78 Å². The Balaban J connectivity index is 2.03. The van der Waals surface area contributed by atoms with E-state index < -0.39 is 0 Å². The largest absolute Gasteiger partial charge is 0.379 e. The Hall–Kier alpha value is -1.16. The second-order valence-corrected chi connectivity index (χ2v) is 4.54. The van der Waals surface area contributed by atoms with Gasteiger partial charge in [0, 0.05) is 29.8 Å². The van der Waals surface area contributed by atoms with Crippen LogP contribution in [0.3, 0.4) is 0 Å². The fourth-order valence-electron chi connectivity index (χ4n) is 1.68. The quantitative estimate of drug-likeness (QED) is 0.850. The van der Waals surface area contributed by atoms with Gasteiger partial charge in [-0.15, -0.1) is 11.3 Å². The standard InChI is InChI=1S/C11H14N2OS/c1-2-10(11-12-5-6-15-11)13-8-3-4-9(14)7-8/h5-7,10,13H,2-4H2,1H3. The fourth-order valence-corrected chi connectivity index (χ4v) is 2.45. The molecule has 1 atom stereocenters. The molecule has 1 aromatic rings. The third-order valence-electron chi connectivity index (χ3n) is 2.49. The third-order valence-corrected chi connectivity index (χ3v) is 3.38. The zero-order valence-corrected chi connectivity index (χ0v) is 9.51. The predicted octanol–water partition coefficient (Wildman–Crippen LogP) is 2.43. The molecule has 15 heavy (non-hydrogen) atoms. The first-order valence-corrected chi connectivity index (χ1v) is 6.07. The van der Waals surface area contributed by atoms with Crippen molar-refractivity contribution in [2.75, 3.05) is 0 Å². The molecule has 1 aromatic heterocycles. The third kappa shape index (κ3) is 2.45. The molecule has 2 rings (SSSR count). The zero-order valence-electron chi connectivity index (χ0n) is 8.69. The number of thiazole rings is 1. The number of hydrogen-bond acceptors (Lipinski definition) is 4. The molecule has 0 bridgehead atoms. The molecule has 1 aliphatic rings.